The van der Waals surface area contributed by atoms with Gasteiger partial charge in [-0.2, -0.15) is 0 Å². The zero-order chi connectivity index (χ0) is 9.26. The van der Waals surface area contributed by atoms with Crippen LogP contribution in [0.2, 0.25) is 0 Å². The highest BCUT2D eigenvalue weighted by atomic mass is 32.1. The molecule has 0 fully saturated rings. The topological polar surface area (TPSA) is 22.1 Å². The predicted octanol–water partition coefficient (Wildman–Crippen LogP) is 2.77. The Morgan fingerprint density at radius 1 is 1.31 bits per heavy atom. The van der Waals surface area contributed by atoms with Gasteiger partial charge in [-0.3, -0.25) is 4.98 Å². The van der Waals surface area contributed by atoms with E-state index in [1.807, 2.05) is 31.2 Å². The molecule has 1 aromatic carbocycles. The lowest BCUT2D eigenvalue weighted by Crippen LogP contribution is -1.85. The number of benzene rings is 1. The van der Waals surface area contributed by atoms with Gasteiger partial charge in [0.2, 0.25) is 0 Å². The predicted molar refractivity (Wildman–Crippen MR) is 56.1 cm³/mol. The molecule has 0 aliphatic carbocycles. The van der Waals surface area contributed by atoms with Crippen molar-refractivity contribution in [2.45, 2.75) is 6.92 Å². The van der Waals surface area contributed by atoms with Gasteiger partial charge >= 0.3 is 0 Å². The molecule has 0 aliphatic rings. The zero-order valence-corrected chi connectivity index (χ0v) is 8.08. The summed E-state index contributed by atoms with van der Waals surface area (Å²) in [5.41, 5.74) is 2.05. The van der Waals surface area contributed by atoms with Crippen molar-refractivity contribution in [3.05, 3.63) is 36.0 Å². The first-order valence-corrected chi connectivity index (χ1v) is 4.35. The molecule has 0 aliphatic heterocycles. The van der Waals surface area contributed by atoms with Crippen LogP contribution in [0.4, 0.5) is 0 Å². The largest absolute Gasteiger partial charge is 0.427 e. The van der Waals surface area contributed by atoms with Gasteiger partial charge in [0.05, 0.1) is 0 Å². The van der Waals surface area contributed by atoms with Crippen LogP contribution in [0.5, 0.6) is 5.75 Å². The Balaban J connectivity index is 2.84. The minimum Gasteiger partial charge on any atom is -0.427 e. The van der Waals surface area contributed by atoms with Gasteiger partial charge < -0.3 is 4.18 Å². The van der Waals surface area contributed by atoms with Gasteiger partial charge in [-0.05, 0) is 24.6 Å². The van der Waals surface area contributed by atoms with E-state index < -0.39 is 0 Å². The Bertz CT molecular complexity index is 442. The minimum absolute atomic E-state index is 0.699. The molecule has 0 N–H and O–H groups in total. The summed E-state index contributed by atoms with van der Waals surface area (Å²) in [5.74, 6) is 0.699. The molecule has 0 saturated heterocycles. The van der Waals surface area contributed by atoms with E-state index in [2.05, 4.69) is 17.9 Å². The molecule has 2 aromatic rings. The van der Waals surface area contributed by atoms with E-state index in [9.17, 15) is 0 Å². The summed E-state index contributed by atoms with van der Waals surface area (Å²) >= 11 is 3.78. The molecule has 0 unspecified atom stereocenters. The van der Waals surface area contributed by atoms with E-state index in [0.717, 1.165) is 10.9 Å². The van der Waals surface area contributed by atoms with Crippen LogP contribution < -0.4 is 4.18 Å². The van der Waals surface area contributed by atoms with E-state index in [0.29, 0.717) is 5.75 Å². The lowest BCUT2D eigenvalue weighted by Gasteiger charge is -2.04. The number of rotatable bonds is 1. The first-order chi connectivity index (χ1) is 6.33. The van der Waals surface area contributed by atoms with Crippen molar-refractivity contribution in [2.24, 2.45) is 0 Å². The third-order valence-electron chi connectivity index (χ3n) is 2.05. The Morgan fingerprint density at radius 2 is 2.15 bits per heavy atom. The fourth-order valence-electron chi connectivity index (χ4n) is 1.36. The average Bonchev–Trinajstić information content (AvgIpc) is 2.19. The van der Waals surface area contributed by atoms with Gasteiger partial charge in [-0.15, -0.1) is 0 Å². The van der Waals surface area contributed by atoms with E-state index in [4.69, 9.17) is 4.18 Å². The number of aryl methyl sites for hydroxylation is 1. The number of pyridine rings is 1. The molecular weight excluding hydrogens is 182 g/mol. The van der Waals surface area contributed by atoms with Crippen LogP contribution >= 0.6 is 12.9 Å². The van der Waals surface area contributed by atoms with Gasteiger partial charge in [-0.25, -0.2) is 0 Å². The first kappa shape index (κ1) is 8.38. The van der Waals surface area contributed by atoms with Gasteiger partial charge in [-0.1, -0.05) is 12.1 Å². The first-order valence-electron chi connectivity index (χ1n) is 3.98. The Morgan fingerprint density at radius 3 is 2.92 bits per heavy atom. The van der Waals surface area contributed by atoms with Crippen LogP contribution in [0.15, 0.2) is 30.5 Å². The van der Waals surface area contributed by atoms with Crippen LogP contribution in [0.3, 0.4) is 0 Å². The maximum absolute atomic E-state index is 4.91. The monoisotopic (exact) mass is 191 g/mol. The van der Waals surface area contributed by atoms with Crippen LogP contribution in [0.25, 0.3) is 10.9 Å². The molecule has 13 heavy (non-hydrogen) atoms. The molecule has 0 spiro atoms. The molecule has 2 rings (SSSR count). The van der Waals surface area contributed by atoms with E-state index in [1.54, 1.807) is 6.20 Å². The molecule has 1 aromatic heterocycles. The van der Waals surface area contributed by atoms with Crippen LogP contribution in [-0.4, -0.2) is 4.98 Å². The lowest BCUT2D eigenvalue weighted by atomic mass is 10.1. The summed E-state index contributed by atoms with van der Waals surface area (Å²) in [5, 5.41) is 1.11. The Kier molecular flexibility index (Phi) is 2.10. The van der Waals surface area contributed by atoms with E-state index in [1.165, 1.54) is 5.56 Å². The number of hydrogen-bond acceptors (Lipinski definition) is 3. The van der Waals surface area contributed by atoms with Crippen LogP contribution in [0, 0.1) is 6.92 Å². The highest BCUT2D eigenvalue weighted by Gasteiger charge is 2.03. The number of thiol groups is 1. The average molecular weight is 191 g/mol. The molecule has 0 amide bonds. The van der Waals surface area contributed by atoms with Crippen molar-refractivity contribution >= 4 is 23.8 Å². The summed E-state index contributed by atoms with van der Waals surface area (Å²) < 4.78 is 4.91. The van der Waals surface area contributed by atoms with Crippen LogP contribution in [-0.2, 0) is 0 Å². The minimum atomic E-state index is 0.699. The van der Waals surface area contributed by atoms with Crippen molar-refractivity contribution in [1.29, 1.82) is 0 Å². The molecule has 66 valence electrons. The summed E-state index contributed by atoms with van der Waals surface area (Å²) in [7, 11) is 0. The molecule has 0 saturated carbocycles. The molecule has 0 atom stereocenters. The van der Waals surface area contributed by atoms with Crippen molar-refractivity contribution in [3.8, 4) is 5.75 Å². The van der Waals surface area contributed by atoms with Gasteiger partial charge in [0.1, 0.15) is 5.52 Å². The molecule has 2 nitrogen and oxygen atoms in total. The third-order valence-corrected chi connectivity index (χ3v) is 2.25. The second kappa shape index (κ2) is 3.26. The maximum Gasteiger partial charge on any atom is 0.163 e. The van der Waals surface area contributed by atoms with Crippen molar-refractivity contribution in [2.75, 3.05) is 0 Å². The SMILES string of the molecule is Cc1ccc(OS)c2ncccc12. The molecule has 0 bridgehead atoms. The standard InChI is InChI=1S/C10H9NOS/c1-7-4-5-9(12-13)10-8(7)3-2-6-11-10/h2-6,13H,1H3. The third kappa shape index (κ3) is 1.35. The molecular formula is C10H9NOS. The number of aromatic nitrogens is 1. The van der Waals surface area contributed by atoms with Crippen molar-refractivity contribution in [1.82, 2.24) is 4.98 Å². The molecule has 3 heteroatoms. The summed E-state index contributed by atoms with van der Waals surface area (Å²) in [6.45, 7) is 2.05. The Labute approximate surface area is 82.2 Å². The number of hydrogen-bond donors (Lipinski definition) is 1. The van der Waals surface area contributed by atoms with Gasteiger partial charge in [0, 0.05) is 24.5 Å². The van der Waals surface area contributed by atoms with E-state index >= 15 is 0 Å². The maximum atomic E-state index is 4.91. The smallest absolute Gasteiger partial charge is 0.163 e. The highest BCUT2D eigenvalue weighted by Crippen LogP contribution is 2.26. The molecule has 0 radical (unpaired) electrons. The van der Waals surface area contributed by atoms with Gasteiger partial charge in [0.15, 0.2) is 5.75 Å². The number of fused-ring (bicyclic) bond motifs is 1. The fourth-order valence-corrected chi connectivity index (χ4v) is 1.51. The van der Waals surface area contributed by atoms with E-state index in [-0.39, 0.29) is 0 Å². The summed E-state index contributed by atoms with van der Waals surface area (Å²) in [6, 6.07) is 7.80. The second-order valence-electron chi connectivity index (χ2n) is 2.87. The lowest BCUT2D eigenvalue weighted by molar-refractivity contribution is 0.665. The summed E-state index contributed by atoms with van der Waals surface area (Å²) in [6.07, 6.45) is 1.75. The quantitative estimate of drug-likeness (QED) is 0.553. The van der Waals surface area contributed by atoms with Crippen LogP contribution in [0.1, 0.15) is 5.56 Å². The normalized spacial score (nSPS) is 10.3. The summed E-state index contributed by atoms with van der Waals surface area (Å²) in [4.78, 5) is 4.24. The Hall–Kier alpha value is -1.22. The zero-order valence-electron chi connectivity index (χ0n) is 7.19. The van der Waals surface area contributed by atoms with Gasteiger partial charge in [0.25, 0.3) is 0 Å². The molecule has 1 heterocycles. The highest BCUT2D eigenvalue weighted by molar-refractivity contribution is 7.75. The number of nitrogens with zero attached hydrogens (tertiary/aromatic N) is 1. The fraction of sp³-hybridized carbons (Fsp3) is 0.100. The van der Waals surface area contributed by atoms with Crippen molar-refractivity contribution < 1.29 is 4.18 Å². The second-order valence-corrected chi connectivity index (χ2v) is 3.05. The van der Waals surface area contributed by atoms with Crippen molar-refractivity contribution in [3.63, 3.8) is 0 Å².